The third-order valence-corrected chi connectivity index (χ3v) is 6.04. The fraction of sp³-hybridized carbons (Fsp3) is 0.750. The molecule has 0 aromatic carbocycles. The highest BCUT2D eigenvalue weighted by Crippen LogP contribution is 2.32. The summed E-state index contributed by atoms with van der Waals surface area (Å²) in [6, 6.07) is 0. The Hall–Kier alpha value is -1.50. The van der Waals surface area contributed by atoms with Crippen molar-refractivity contribution in [2.24, 2.45) is 17.3 Å². The molecule has 1 aliphatic rings. The summed E-state index contributed by atoms with van der Waals surface area (Å²) < 4.78 is 0. The van der Waals surface area contributed by atoms with Gasteiger partial charge in [0.1, 0.15) is 0 Å². The lowest BCUT2D eigenvalue weighted by Crippen LogP contribution is -2.22. The Kier molecular flexibility index (Phi) is 46.5. The van der Waals surface area contributed by atoms with Crippen LogP contribution in [0.1, 0.15) is 171 Å². The average molecular weight is 578 g/mol. The third kappa shape index (κ3) is 45.7. The normalized spacial score (nSPS) is 14.1. The van der Waals surface area contributed by atoms with Crippen molar-refractivity contribution < 1.29 is 0 Å². The molecule has 2 atom stereocenters. The van der Waals surface area contributed by atoms with Gasteiger partial charge in [-0.15, -0.1) is 13.2 Å². The first-order valence-electron chi connectivity index (χ1n) is 17.0. The first-order chi connectivity index (χ1) is 19.0. The molecule has 0 saturated carbocycles. The number of hydrogen-bond acceptors (Lipinski definition) is 1. The predicted molar refractivity (Wildman–Crippen MR) is 200 cm³/mol. The maximum Gasteiger partial charge on any atom is 0.0352 e. The first kappa shape index (κ1) is 52.2. The van der Waals surface area contributed by atoms with Crippen LogP contribution >= 0.6 is 0 Å². The molecule has 1 rings (SSSR count). The minimum Gasteiger partial charge on any atom is -0.371 e. The van der Waals surface area contributed by atoms with Crippen LogP contribution < -0.4 is 0 Å². The van der Waals surface area contributed by atoms with Crippen molar-refractivity contribution in [3.05, 3.63) is 59.4 Å². The van der Waals surface area contributed by atoms with Crippen LogP contribution in [0.5, 0.6) is 0 Å². The molecule has 0 bridgehead atoms. The van der Waals surface area contributed by atoms with Crippen LogP contribution in [-0.2, 0) is 0 Å². The number of likely N-dealkylation sites (tertiary alicyclic amines) is 1. The summed E-state index contributed by atoms with van der Waals surface area (Å²) in [5.74, 6) is 1.88. The zero-order valence-corrected chi connectivity index (χ0v) is 32.7. The van der Waals surface area contributed by atoms with Crippen LogP contribution in [0, 0.1) is 17.3 Å². The zero-order chi connectivity index (χ0) is 34.2. The molecular weight excluding hydrogens is 494 g/mol. The Labute approximate surface area is 264 Å². The van der Waals surface area contributed by atoms with Gasteiger partial charge in [0.25, 0.3) is 0 Å². The Morgan fingerprint density at radius 1 is 0.732 bits per heavy atom. The van der Waals surface area contributed by atoms with E-state index < -0.39 is 0 Å². The molecule has 0 spiro atoms. The molecule has 0 N–H and O–H groups in total. The highest BCUT2D eigenvalue weighted by molar-refractivity contribution is 5.29. The fourth-order valence-corrected chi connectivity index (χ4v) is 3.19. The maximum absolute atomic E-state index is 3.56. The molecular formula is C40H83N. The number of nitrogens with zero attached hydrogens (tertiary/aromatic N) is 1. The summed E-state index contributed by atoms with van der Waals surface area (Å²) in [6.07, 6.45) is 13.5. The molecule has 1 heteroatoms. The quantitative estimate of drug-likeness (QED) is 0.205. The standard InChI is InChI=1S/C16H27N.C10H22.2C4H8.3C2H6/c1-7-14(4)8-9-15(13(2)3)17-11-10-16(5,6)12-17;1-5-9(3)7-8-10(4)6-2;2*1-4(2)3;3*1-2/h7-9H,10-12H2,1-6H3;9-10H,5-8H2,1-4H3;2*1H2,2-3H3;3*1-2H3/b9-8-,14-7?;;;;;;/t;9-,10?;;;;;/m.0...../s1. The molecule has 0 radical (unpaired) electrons. The lowest BCUT2D eigenvalue weighted by atomic mass is 9.93. The monoisotopic (exact) mass is 578 g/mol. The van der Waals surface area contributed by atoms with Gasteiger partial charge in [-0.05, 0) is 85.1 Å². The van der Waals surface area contributed by atoms with E-state index in [4.69, 9.17) is 0 Å². The van der Waals surface area contributed by atoms with Gasteiger partial charge in [0, 0.05) is 18.8 Å². The van der Waals surface area contributed by atoms with E-state index >= 15 is 0 Å². The smallest absolute Gasteiger partial charge is 0.0352 e. The molecule has 1 unspecified atom stereocenters. The van der Waals surface area contributed by atoms with Crippen LogP contribution in [0.3, 0.4) is 0 Å². The molecule has 1 aliphatic heterocycles. The Bertz CT molecular complexity index is 622. The first-order valence-corrected chi connectivity index (χ1v) is 17.0. The van der Waals surface area contributed by atoms with E-state index in [0.29, 0.717) is 5.41 Å². The Morgan fingerprint density at radius 2 is 1.07 bits per heavy atom. The number of rotatable bonds is 8. The Morgan fingerprint density at radius 3 is 1.29 bits per heavy atom. The van der Waals surface area contributed by atoms with E-state index in [0.717, 1.165) is 11.8 Å². The van der Waals surface area contributed by atoms with Gasteiger partial charge in [0.15, 0.2) is 0 Å². The minimum absolute atomic E-state index is 0.462. The highest BCUT2D eigenvalue weighted by atomic mass is 15.2. The largest absolute Gasteiger partial charge is 0.371 e. The van der Waals surface area contributed by atoms with Gasteiger partial charge in [-0.1, -0.05) is 143 Å². The van der Waals surface area contributed by atoms with Crippen molar-refractivity contribution in [2.75, 3.05) is 13.1 Å². The van der Waals surface area contributed by atoms with E-state index in [2.05, 4.69) is 106 Å². The number of allylic oxidation sites excluding steroid dienone is 7. The summed E-state index contributed by atoms with van der Waals surface area (Å²) >= 11 is 0. The molecule has 0 aromatic heterocycles. The average Bonchev–Trinajstić information content (AvgIpc) is 3.28. The lowest BCUT2D eigenvalue weighted by molar-refractivity contribution is 0.346. The van der Waals surface area contributed by atoms with Gasteiger partial charge in [0.2, 0.25) is 0 Å². The molecule has 41 heavy (non-hydrogen) atoms. The van der Waals surface area contributed by atoms with Crippen molar-refractivity contribution >= 4 is 0 Å². The third-order valence-electron chi connectivity index (χ3n) is 6.04. The lowest BCUT2D eigenvalue weighted by Gasteiger charge is -2.24. The zero-order valence-electron chi connectivity index (χ0n) is 32.7. The van der Waals surface area contributed by atoms with Gasteiger partial charge < -0.3 is 4.90 Å². The topological polar surface area (TPSA) is 3.24 Å². The van der Waals surface area contributed by atoms with Crippen LogP contribution in [0.25, 0.3) is 0 Å². The fourth-order valence-electron chi connectivity index (χ4n) is 3.19. The van der Waals surface area contributed by atoms with Gasteiger partial charge >= 0.3 is 0 Å². The van der Waals surface area contributed by atoms with Crippen LogP contribution in [0.15, 0.2) is 59.4 Å². The predicted octanol–water partition coefficient (Wildman–Crippen LogP) is 14.6. The van der Waals surface area contributed by atoms with Gasteiger partial charge in [-0.2, -0.15) is 0 Å². The number of hydrogen-bond donors (Lipinski definition) is 0. The minimum atomic E-state index is 0.462. The molecule has 0 amide bonds. The van der Waals surface area contributed by atoms with Crippen molar-refractivity contribution in [3.8, 4) is 0 Å². The Balaban J connectivity index is -0.000000108. The van der Waals surface area contributed by atoms with E-state index in [-0.39, 0.29) is 0 Å². The molecule has 0 aliphatic carbocycles. The van der Waals surface area contributed by atoms with Crippen LogP contribution in [0.4, 0.5) is 0 Å². The van der Waals surface area contributed by atoms with E-state index in [1.54, 1.807) is 0 Å². The van der Waals surface area contributed by atoms with Crippen molar-refractivity contribution in [3.63, 3.8) is 0 Å². The van der Waals surface area contributed by atoms with Gasteiger partial charge in [-0.25, -0.2) is 0 Å². The molecule has 1 fully saturated rings. The summed E-state index contributed by atoms with van der Waals surface area (Å²) in [6.45, 7) is 52.0. The van der Waals surface area contributed by atoms with Crippen molar-refractivity contribution in [1.29, 1.82) is 0 Å². The molecule has 1 nitrogen and oxygen atoms in total. The van der Waals surface area contributed by atoms with Crippen LogP contribution in [0.2, 0.25) is 0 Å². The second-order valence-electron chi connectivity index (χ2n) is 12.1. The van der Waals surface area contributed by atoms with Crippen molar-refractivity contribution in [2.45, 2.75) is 171 Å². The highest BCUT2D eigenvalue weighted by Gasteiger charge is 2.29. The molecule has 0 aromatic rings. The summed E-state index contributed by atoms with van der Waals surface area (Å²) in [5.41, 5.74) is 6.92. The van der Waals surface area contributed by atoms with Gasteiger partial charge in [-0.3, -0.25) is 0 Å². The second kappa shape index (κ2) is 36.5. The van der Waals surface area contributed by atoms with E-state index in [1.807, 2.05) is 69.2 Å². The summed E-state index contributed by atoms with van der Waals surface area (Å²) in [4.78, 5) is 2.52. The maximum atomic E-state index is 3.56. The summed E-state index contributed by atoms with van der Waals surface area (Å²) in [7, 11) is 0. The van der Waals surface area contributed by atoms with Crippen LogP contribution in [-0.4, -0.2) is 18.0 Å². The van der Waals surface area contributed by atoms with E-state index in [1.165, 1.54) is 73.2 Å². The molecule has 1 saturated heterocycles. The second-order valence-corrected chi connectivity index (χ2v) is 12.1. The summed E-state index contributed by atoms with van der Waals surface area (Å²) in [5, 5.41) is 0. The van der Waals surface area contributed by atoms with Crippen molar-refractivity contribution in [1.82, 2.24) is 4.90 Å². The molecule has 1 heterocycles. The van der Waals surface area contributed by atoms with E-state index in [9.17, 15) is 0 Å². The van der Waals surface area contributed by atoms with Gasteiger partial charge in [0.05, 0.1) is 0 Å². The molecule has 248 valence electrons. The SMILES string of the molecule is C=C(C)C.C=C(C)C.CC.CC.CC.CC=C(C)/C=C\C(=C(C)C)N1CCC(C)(C)C1.CCC(C)CC[C@@H](C)CC.